The van der Waals surface area contributed by atoms with Crippen LogP contribution < -0.4 is 5.56 Å². The molecule has 0 saturated carbocycles. The molecule has 0 N–H and O–H groups in total. The van der Waals surface area contributed by atoms with E-state index < -0.39 is 0 Å². The molecule has 142 valence electrons. The Morgan fingerprint density at radius 2 is 2.11 bits per heavy atom. The van der Waals surface area contributed by atoms with Crippen LogP contribution in [0.25, 0.3) is 10.9 Å². The molecule has 2 aromatic carbocycles. The Hall–Kier alpha value is -1.89. The second kappa shape index (κ2) is 9.35. The summed E-state index contributed by atoms with van der Waals surface area (Å²) in [6, 6.07) is 11.5. The number of rotatable bonds is 8. The maximum atomic E-state index is 13.4. The van der Waals surface area contributed by atoms with Gasteiger partial charge in [-0.1, -0.05) is 35.5 Å². The number of halogens is 2. The number of hydrogen-bond acceptors (Lipinski definition) is 4. The third-order valence-corrected chi connectivity index (χ3v) is 5.30. The fourth-order valence-corrected chi connectivity index (χ4v) is 3.86. The lowest BCUT2D eigenvalue weighted by atomic mass is 10.2. The van der Waals surface area contributed by atoms with Gasteiger partial charge in [0.05, 0.1) is 10.9 Å². The molecule has 0 atom stereocenters. The van der Waals surface area contributed by atoms with Crippen LogP contribution in [0.15, 0.2) is 52.4 Å². The molecule has 3 aromatic rings. The van der Waals surface area contributed by atoms with Gasteiger partial charge in [0.25, 0.3) is 5.56 Å². The molecule has 0 spiro atoms. The molecule has 4 nitrogen and oxygen atoms in total. The maximum Gasteiger partial charge on any atom is 0.262 e. The Morgan fingerprint density at radius 3 is 2.89 bits per heavy atom. The van der Waals surface area contributed by atoms with E-state index in [0.717, 1.165) is 5.56 Å². The smallest absolute Gasteiger partial charge is 0.262 e. The number of aromatic nitrogens is 2. The van der Waals surface area contributed by atoms with Crippen LogP contribution in [0.5, 0.6) is 0 Å². The maximum absolute atomic E-state index is 13.4. The van der Waals surface area contributed by atoms with Crippen molar-refractivity contribution in [1.82, 2.24) is 9.55 Å². The lowest BCUT2D eigenvalue weighted by molar-refractivity contribution is 0.140. The molecule has 0 saturated heterocycles. The number of benzene rings is 2. The predicted molar refractivity (Wildman–Crippen MR) is 108 cm³/mol. The molecule has 0 amide bonds. The first-order valence-corrected chi connectivity index (χ1v) is 10.1. The molecule has 0 aliphatic rings. The van der Waals surface area contributed by atoms with Crippen LogP contribution in [-0.4, -0.2) is 22.8 Å². The Bertz CT molecular complexity index is 993. The van der Waals surface area contributed by atoms with Crippen molar-refractivity contribution in [3.63, 3.8) is 0 Å². The highest BCUT2D eigenvalue weighted by atomic mass is 35.5. The minimum atomic E-state index is -0.277. The Kier molecular flexibility index (Phi) is 6.88. The quantitative estimate of drug-likeness (QED) is 0.303. The SMILES string of the molecule is CCOCCCn1c(SCc2cccc(F)c2)nc2cc(Cl)ccc2c1=O. The lowest BCUT2D eigenvalue weighted by Gasteiger charge is -2.13. The molecule has 0 aliphatic heterocycles. The van der Waals surface area contributed by atoms with Crippen LogP contribution in [0.1, 0.15) is 18.9 Å². The molecule has 0 aliphatic carbocycles. The molecule has 1 heterocycles. The average Bonchev–Trinajstić information content (AvgIpc) is 2.65. The fraction of sp³-hybridized carbons (Fsp3) is 0.300. The first kappa shape index (κ1) is 19.9. The van der Waals surface area contributed by atoms with Gasteiger partial charge in [0, 0.05) is 30.5 Å². The molecular formula is C20H20ClFN2O2S. The zero-order valence-electron chi connectivity index (χ0n) is 15.0. The summed E-state index contributed by atoms with van der Waals surface area (Å²) in [6.45, 7) is 3.67. The third-order valence-electron chi connectivity index (χ3n) is 4.01. The van der Waals surface area contributed by atoms with Crippen LogP contribution in [0.4, 0.5) is 4.39 Å². The monoisotopic (exact) mass is 406 g/mol. The van der Waals surface area contributed by atoms with Crippen molar-refractivity contribution in [3.05, 3.63) is 69.2 Å². The Balaban J connectivity index is 1.92. The van der Waals surface area contributed by atoms with Gasteiger partial charge in [-0.05, 0) is 49.2 Å². The van der Waals surface area contributed by atoms with Gasteiger partial charge in [-0.15, -0.1) is 0 Å². The average molecular weight is 407 g/mol. The summed E-state index contributed by atoms with van der Waals surface area (Å²) in [5, 5.41) is 1.66. The summed E-state index contributed by atoms with van der Waals surface area (Å²) < 4.78 is 20.5. The predicted octanol–water partition coefficient (Wildman–Crippen LogP) is 4.91. The molecule has 0 fully saturated rings. The number of nitrogens with zero attached hydrogens (tertiary/aromatic N) is 2. The van der Waals surface area contributed by atoms with Crippen molar-refractivity contribution >= 4 is 34.3 Å². The summed E-state index contributed by atoms with van der Waals surface area (Å²) >= 11 is 7.47. The first-order chi connectivity index (χ1) is 13.1. The standard InChI is InChI=1S/C20H20ClFN2O2S/c1-2-26-10-4-9-24-19(25)17-8-7-15(21)12-18(17)23-20(24)27-13-14-5-3-6-16(22)11-14/h3,5-8,11-12H,2,4,9-10,13H2,1H3. The first-order valence-electron chi connectivity index (χ1n) is 8.73. The Labute approximate surface area is 166 Å². The lowest BCUT2D eigenvalue weighted by Crippen LogP contribution is -2.24. The van der Waals surface area contributed by atoms with Crippen molar-refractivity contribution in [2.45, 2.75) is 30.8 Å². The van der Waals surface area contributed by atoms with Gasteiger partial charge in [0.15, 0.2) is 5.16 Å². The number of fused-ring (bicyclic) bond motifs is 1. The van der Waals surface area contributed by atoms with Gasteiger partial charge in [0.2, 0.25) is 0 Å². The van der Waals surface area contributed by atoms with E-state index in [1.807, 2.05) is 13.0 Å². The van der Waals surface area contributed by atoms with Crippen LogP contribution in [0.2, 0.25) is 5.02 Å². The molecular weight excluding hydrogens is 387 g/mol. The molecule has 0 unspecified atom stereocenters. The summed E-state index contributed by atoms with van der Waals surface area (Å²) in [6.07, 6.45) is 0.710. The van der Waals surface area contributed by atoms with Gasteiger partial charge in [-0.3, -0.25) is 9.36 Å². The molecule has 27 heavy (non-hydrogen) atoms. The largest absolute Gasteiger partial charge is 0.382 e. The number of thioether (sulfide) groups is 1. The highest BCUT2D eigenvalue weighted by Gasteiger charge is 2.12. The second-order valence-electron chi connectivity index (χ2n) is 5.98. The van der Waals surface area contributed by atoms with Gasteiger partial charge in [-0.25, -0.2) is 9.37 Å². The summed E-state index contributed by atoms with van der Waals surface area (Å²) in [5.41, 5.74) is 1.30. The Morgan fingerprint density at radius 1 is 1.26 bits per heavy atom. The topological polar surface area (TPSA) is 44.1 Å². The van der Waals surface area contributed by atoms with Gasteiger partial charge in [-0.2, -0.15) is 0 Å². The minimum absolute atomic E-state index is 0.102. The summed E-state index contributed by atoms with van der Waals surface area (Å²) in [7, 11) is 0. The van der Waals surface area contributed by atoms with Gasteiger partial charge in [0.1, 0.15) is 5.82 Å². The van der Waals surface area contributed by atoms with E-state index in [0.29, 0.717) is 53.0 Å². The zero-order chi connectivity index (χ0) is 19.2. The van der Waals surface area contributed by atoms with Crippen LogP contribution in [0, 0.1) is 5.82 Å². The van der Waals surface area contributed by atoms with Crippen LogP contribution in [0.3, 0.4) is 0 Å². The minimum Gasteiger partial charge on any atom is -0.382 e. The van der Waals surface area contributed by atoms with E-state index in [2.05, 4.69) is 4.98 Å². The van der Waals surface area contributed by atoms with E-state index in [9.17, 15) is 9.18 Å². The normalized spacial score (nSPS) is 11.2. The summed E-state index contributed by atoms with van der Waals surface area (Å²) in [5.74, 6) is 0.238. The third kappa shape index (κ3) is 5.09. The van der Waals surface area contributed by atoms with Crippen molar-refractivity contribution in [2.75, 3.05) is 13.2 Å². The van der Waals surface area contributed by atoms with Gasteiger partial charge >= 0.3 is 0 Å². The van der Waals surface area contributed by atoms with E-state index in [1.54, 1.807) is 28.8 Å². The molecule has 0 radical (unpaired) electrons. The van der Waals surface area contributed by atoms with Crippen molar-refractivity contribution < 1.29 is 9.13 Å². The van der Waals surface area contributed by atoms with E-state index >= 15 is 0 Å². The highest BCUT2D eigenvalue weighted by Crippen LogP contribution is 2.24. The highest BCUT2D eigenvalue weighted by molar-refractivity contribution is 7.98. The molecule has 7 heteroatoms. The summed E-state index contributed by atoms with van der Waals surface area (Å²) in [4.78, 5) is 17.6. The van der Waals surface area contributed by atoms with E-state index in [1.165, 1.54) is 23.9 Å². The molecule has 1 aromatic heterocycles. The van der Waals surface area contributed by atoms with Crippen molar-refractivity contribution in [1.29, 1.82) is 0 Å². The van der Waals surface area contributed by atoms with E-state index in [-0.39, 0.29) is 11.4 Å². The fourth-order valence-electron chi connectivity index (χ4n) is 2.72. The van der Waals surface area contributed by atoms with Crippen molar-refractivity contribution in [3.8, 4) is 0 Å². The van der Waals surface area contributed by atoms with Gasteiger partial charge < -0.3 is 4.74 Å². The number of hydrogen-bond donors (Lipinski definition) is 0. The van der Waals surface area contributed by atoms with Crippen LogP contribution >= 0.6 is 23.4 Å². The number of ether oxygens (including phenoxy) is 1. The van der Waals surface area contributed by atoms with E-state index in [4.69, 9.17) is 16.3 Å². The van der Waals surface area contributed by atoms with Crippen LogP contribution in [-0.2, 0) is 17.0 Å². The zero-order valence-corrected chi connectivity index (χ0v) is 16.5. The molecule has 0 bridgehead atoms. The van der Waals surface area contributed by atoms with Crippen molar-refractivity contribution in [2.24, 2.45) is 0 Å². The molecule has 3 rings (SSSR count). The second-order valence-corrected chi connectivity index (χ2v) is 7.36.